The third-order valence-corrected chi connectivity index (χ3v) is 4.19. The second-order valence-corrected chi connectivity index (χ2v) is 6.61. The molecule has 0 aliphatic rings. The molecule has 2 aromatic carbocycles. The number of methoxy groups -OCH3 is 1. The van der Waals surface area contributed by atoms with Gasteiger partial charge in [0.1, 0.15) is 24.2 Å². The maximum Gasteiger partial charge on any atom is 0.122 e. The Morgan fingerprint density at radius 2 is 1.81 bits per heavy atom. The lowest BCUT2D eigenvalue weighted by Gasteiger charge is -2.22. The normalized spacial score (nSPS) is 12.2. The van der Waals surface area contributed by atoms with Crippen molar-refractivity contribution in [2.45, 2.75) is 25.9 Å². The van der Waals surface area contributed by atoms with E-state index in [4.69, 9.17) is 14.2 Å². The van der Waals surface area contributed by atoms with Gasteiger partial charge in [-0.05, 0) is 63.2 Å². The molecule has 0 bridgehead atoms. The number of likely N-dealkylation sites (N-methyl/N-ethyl adjacent to an activating group) is 1. The smallest absolute Gasteiger partial charge is 0.122 e. The van der Waals surface area contributed by atoms with Crippen LogP contribution in [0.3, 0.4) is 0 Å². The van der Waals surface area contributed by atoms with Crippen LogP contribution in [0.5, 0.6) is 11.5 Å². The van der Waals surface area contributed by atoms with Gasteiger partial charge in [-0.15, -0.1) is 0 Å². The molecule has 0 aliphatic heterocycles. The van der Waals surface area contributed by atoms with E-state index in [-0.39, 0.29) is 6.10 Å². The Hall–Kier alpha value is -2.04. The summed E-state index contributed by atoms with van der Waals surface area (Å²) in [5, 5.41) is 0. The Morgan fingerprint density at radius 3 is 2.54 bits per heavy atom. The summed E-state index contributed by atoms with van der Waals surface area (Å²) in [6, 6.07) is 16.5. The van der Waals surface area contributed by atoms with E-state index in [1.54, 1.807) is 7.11 Å². The largest absolute Gasteiger partial charge is 0.497 e. The van der Waals surface area contributed by atoms with Crippen LogP contribution in [0.25, 0.3) is 0 Å². The third-order valence-electron chi connectivity index (χ3n) is 4.19. The summed E-state index contributed by atoms with van der Waals surface area (Å²) < 4.78 is 17.2. The minimum Gasteiger partial charge on any atom is -0.497 e. The van der Waals surface area contributed by atoms with Gasteiger partial charge in [0.2, 0.25) is 0 Å². The van der Waals surface area contributed by atoms with Crippen LogP contribution in [0.15, 0.2) is 48.5 Å². The number of aryl methyl sites for hydroxylation is 2. The average Bonchev–Trinajstić information content (AvgIpc) is 2.65. The molecule has 0 aromatic heterocycles. The van der Waals surface area contributed by atoms with Crippen LogP contribution in [0.4, 0.5) is 0 Å². The van der Waals surface area contributed by atoms with Crippen molar-refractivity contribution in [3.8, 4) is 11.5 Å². The van der Waals surface area contributed by atoms with Crippen molar-refractivity contribution in [3.63, 3.8) is 0 Å². The fourth-order valence-corrected chi connectivity index (χ4v) is 2.94. The average molecular weight is 357 g/mol. The molecule has 26 heavy (non-hydrogen) atoms. The first-order chi connectivity index (χ1) is 12.6. The van der Waals surface area contributed by atoms with E-state index < -0.39 is 0 Å². The first kappa shape index (κ1) is 20.3. The van der Waals surface area contributed by atoms with Gasteiger partial charge in [0.25, 0.3) is 0 Å². The van der Waals surface area contributed by atoms with Crippen molar-refractivity contribution in [3.05, 3.63) is 59.7 Å². The molecule has 0 saturated heterocycles. The summed E-state index contributed by atoms with van der Waals surface area (Å²) in [7, 11) is 5.80. The summed E-state index contributed by atoms with van der Waals surface area (Å²) in [6.07, 6.45) is 1.95. The topological polar surface area (TPSA) is 30.9 Å². The molecule has 4 heteroatoms. The van der Waals surface area contributed by atoms with Gasteiger partial charge in [-0.1, -0.05) is 30.3 Å². The SMILES string of the molecule is CCO[C@H](COc1ccccc1CCc1cccc(OC)c1)CN(C)C. The second kappa shape index (κ2) is 10.8. The molecule has 4 nitrogen and oxygen atoms in total. The monoisotopic (exact) mass is 357 g/mol. The predicted octanol–water partition coefficient (Wildman–Crippen LogP) is 3.83. The molecule has 0 saturated carbocycles. The summed E-state index contributed by atoms with van der Waals surface area (Å²) in [5.41, 5.74) is 2.48. The van der Waals surface area contributed by atoms with E-state index in [0.717, 1.165) is 30.9 Å². The molecular formula is C22H31NO3. The third kappa shape index (κ3) is 6.70. The van der Waals surface area contributed by atoms with E-state index >= 15 is 0 Å². The number of ether oxygens (including phenoxy) is 3. The van der Waals surface area contributed by atoms with Gasteiger partial charge >= 0.3 is 0 Å². The maximum atomic E-state index is 6.11. The molecule has 1 atom stereocenters. The molecule has 0 N–H and O–H groups in total. The first-order valence-corrected chi connectivity index (χ1v) is 9.22. The van der Waals surface area contributed by atoms with E-state index in [0.29, 0.717) is 13.2 Å². The predicted molar refractivity (Wildman–Crippen MR) is 106 cm³/mol. The van der Waals surface area contributed by atoms with Crippen molar-refractivity contribution >= 4 is 0 Å². The van der Waals surface area contributed by atoms with E-state index in [2.05, 4.69) is 29.2 Å². The highest BCUT2D eigenvalue weighted by Gasteiger charge is 2.12. The number of benzene rings is 2. The summed E-state index contributed by atoms with van der Waals surface area (Å²) >= 11 is 0. The fraction of sp³-hybridized carbons (Fsp3) is 0.455. The van der Waals surface area contributed by atoms with Gasteiger partial charge in [0, 0.05) is 13.2 Å². The highest BCUT2D eigenvalue weighted by molar-refractivity contribution is 5.35. The fourth-order valence-electron chi connectivity index (χ4n) is 2.94. The van der Waals surface area contributed by atoms with Gasteiger partial charge < -0.3 is 19.1 Å². The number of rotatable bonds is 11. The highest BCUT2D eigenvalue weighted by atomic mass is 16.5. The molecule has 142 valence electrons. The Bertz CT molecular complexity index is 657. The minimum atomic E-state index is 0.0708. The Kier molecular flexibility index (Phi) is 8.45. The van der Waals surface area contributed by atoms with Crippen molar-refractivity contribution in [2.75, 3.05) is 41.0 Å². The standard InChI is InChI=1S/C22H31NO3/c1-5-25-21(16-23(2)3)17-26-22-12-7-6-10-19(22)14-13-18-9-8-11-20(15-18)24-4/h6-12,15,21H,5,13-14,16-17H2,1-4H3/t21-/m0/s1. The van der Waals surface area contributed by atoms with E-state index in [1.807, 2.05) is 45.3 Å². The lowest BCUT2D eigenvalue weighted by Crippen LogP contribution is -2.33. The molecule has 2 aromatic rings. The van der Waals surface area contributed by atoms with Crippen LogP contribution >= 0.6 is 0 Å². The lowest BCUT2D eigenvalue weighted by atomic mass is 10.0. The molecule has 0 heterocycles. The minimum absolute atomic E-state index is 0.0708. The summed E-state index contributed by atoms with van der Waals surface area (Å²) in [6.45, 7) is 4.12. The summed E-state index contributed by atoms with van der Waals surface area (Å²) in [4.78, 5) is 2.12. The quantitative estimate of drug-likeness (QED) is 0.612. The molecule has 0 spiro atoms. The van der Waals surface area contributed by atoms with E-state index in [1.165, 1.54) is 11.1 Å². The molecule has 0 fully saturated rings. The lowest BCUT2D eigenvalue weighted by molar-refractivity contribution is 0.0124. The van der Waals surface area contributed by atoms with Gasteiger partial charge in [-0.2, -0.15) is 0 Å². The van der Waals surface area contributed by atoms with Crippen LogP contribution in [-0.2, 0) is 17.6 Å². The Labute approximate surface area is 157 Å². The van der Waals surface area contributed by atoms with Crippen molar-refractivity contribution in [1.82, 2.24) is 4.90 Å². The van der Waals surface area contributed by atoms with Crippen LogP contribution < -0.4 is 9.47 Å². The Balaban J connectivity index is 1.97. The highest BCUT2D eigenvalue weighted by Crippen LogP contribution is 2.22. The van der Waals surface area contributed by atoms with Gasteiger partial charge in [0.15, 0.2) is 0 Å². The van der Waals surface area contributed by atoms with Crippen molar-refractivity contribution in [2.24, 2.45) is 0 Å². The second-order valence-electron chi connectivity index (χ2n) is 6.61. The van der Waals surface area contributed by atoms with Crippen molar-refractivity contribution < 1.29 is 14.2 Å². The zero-order valence-corrected chi connectivity index (χ0v) is 16.4. The Morgan fingerprint density at radius 1 is 1.00 bits per heavy atom. The number of hydrogen-bond acceptors (Lipinski definition) is 4. The molecule has 0 unspecified atom stereocenters. The van der Waals surface area contributed by atoms with Crippen LogP contribution in [0.2, 0.25) is 0 Å². The van der Waals surface area contributed by atoms with Crippen molar-refractivity contribution in [1.29, 1.82) is 0 Å². The van der Waals surface area contributed by atoms with Crippen LogP contribution in [-0.4, -0.2) is 52.0 Å². The molecule has 2 rings (SSSR count). The van der Waals surface area contributed by atoms with Gasteiger partial charge in [-0.3, -0.25) is 0 Å². The zero-order chi connectivity index (χ0) is 18.8. The van der Waals surface area contributed by atoms with Crippen LogP contribution in [0.1, 0.15) is 18.1 Å². The van der Waals surface area contributed by atoms with E-state index in [9.17, 15) is 0 Å². The molecule has 0 aliphatic carbocycles. The first-order valence-electron chi connectivity index (χ1n) is 9.22. The molecule has 0 amide bonds. The number of nitrogens with zero attached hydrogens (tertiary/aromatic N) is 1. The zero-order valence-electron chi connectivity index (χ0n) is 16.4. The van der Waals surface area contributed by atoms with Gasteiger partial charge in [-0.25, -0.2) is 0 Å². The van der Waals surface area contributed by atoms with Crippen LogP contribution in [0, 0.1) is 0 Å². The summed E-state index contributed by atoms with van der Waals surface area (Å²) in [5.74, 6) is 1.84. The number of hydrogen-bond donors (Lipinski definition) is 0. The molecule has 0 radical (unpaired) electrons. The molecular weight excluding hydrogens is 326 g/mol. The maximum absolute atomic E-state index is 6.11. The number of para-hydroxylation sites is 1. The van der Waals surface area contributed by atoms with Gasteiger partial charge in [0.05, 0.1) is 7.11 Å².